The van der Waals surface area contributed by atoms with Crippen molar-refractivity contribution in [1.29, 1.82) is 0 Å². The Hall–Kier alpha value is -0.960. The second-order valence-corrected chi connectivity index (χ2v) is 6.37. The van der Waals surface area contributed by atoms with Gasteiger partial charge in [-0.2, -0.15) is 0 Å². The van der Waals surface area contributed by atoms with Crippen LogP contribution in [0.4, 0.5) is 0 Å². The molecule has 1 N–H and O–H groups in total. The summed E-state index contributed by atoms with van der Waals surface area (Å²) in [6.07, 6.45) is 7.15. The van der Waals surface area contributed by atoms with Crippen molar-refractivity contribution in [2.24, 2.45) is 0 Å². The first-order chi connectivity index (χ1) is 8.83. The van der Waals surface area contributed by atoms with Gasteiger partial charge in [-0.15, -0.1) is 11.8 Å². The highest BCUT2D eigenvalue weighted by Crippen LogP contribution is 2.30. The summed E-state index contributed by atoms with van der Waals surface area (Å²) in [5.74, 6) is 1.32. The van der Waals surface area contributed by atoms with Gasteiger partial charge in [0.2, 0.25) is 0 Å². The molecule has 0 unspecified atom stereocenters. The fourth-order valence-electron chi connectivity index (χ4n) is 2.84. The predicted molar refractivity (Wildman–Crippen MR) is 75.2 cm³/mol. The van der Waals surface area contributed by atoms with Crippen molar-refractivity contribution < 1.29 is 4.79 Å². The molecule has 1 amide bonds. The average molecular weight is 261 g/mol. The first-order valence-electron chi connectivity index (χ1n) is 6.89. The largest absolute Gasteiger partial charge is 0.349 e. The van der Waals surface area contributed by atoms with E-state index in [-0.39, 0.29) is 5.91 Å². The summed E-state index contributed by atoms with van der Waals surface area (Å²) in [7, 11) is 0. The monoisotopic (exact) mass is 261 g/mol. The third-order valence-electron chi connectivity index (χ3n) is 3.86. The molecule has 1 aromatic carbocycles. The van der Waals surface area contributed by atoms with E-state index in [1.54, 1.807) is 0 Å². The molecular formula is C15H19NOS. The summed E-state index contributed by atoms with van der Waals surface area (Å²) >= 11 is 1.91. The van der Waals surface area contributed by atoms with E-state index in [2.05, 4.69) is 17.4 Å². The van der Waals surface area contributed by atoms with Crippen molar-refractivity contribution in [2.75, 3.05) is 5.75 Å². The molecule has 2 aliphatic rings. The Morgan fingerprint density at radius 3 is 2.89 bits per heavy atom. The molecule has 0 radical (unpaired) electrons. The van der Waals surface area contributed by atoms with Crippen LogP contribution in [-0.2, 0) is 6.42 Å². The zero-order chi connectivity index (χ0) is 12.4. The van der Waals surface area contributed by atoms with E-state index in [0.29, 0.717) is 6.04 Å². The summed E-state index contributed by atoms with van der Waals surface area (Å²) in [6, 6.07) is 6.58. The molecule has 1 fully saturated rings. The van der Waals surface area contributed by atoms with Crippen LogP contribution in [-0.4, -0.2) is 17.7 Å². The quantitative estimate of drug-likeness (QED) is 0.884. The molecular weight excluding hydrogens is 242 g/mol. The molecule has 0 saturated heterocycles. The van der Waals surface area contributed by atoms with Gasteiger partial charge >= 0.3 is 0 Å². The lowest BCUT2D eigenvalue weighted by Crippen LogP contribution is -2.32. The van der Waals surface area contributed by atoms with Crippen molar-refractivity contribution >= 4 is 17.7 Å². The number of amides is 1. The first kappa shape index (κ1) is 12.1. The van der Waals surface area contributed by atoms with Gasteiger partial charge < -0.3 is 5.32 Å². The Kier molecular flexibility index (Phi) is 3.59. The third-order valence-corrected chi connectivity index (χ3v) is 5.06. The summed E-state index contributed by atoms with van der Waals surface area (Å²) in [6.45, 7) is 0. The molecule has 1 aromatic rings. The maximum Gasteiger partial charge on any atom is 0.251 e. The standard InChI is InChI=1S/C15H19NOS/c17-15(16-13-5-1-2-6-13)12-7-8-14-11(10-12)4-3-9-18-14/h7-8,10,13H,1-6,9H2,(H,16,17). The average Bonchev–Trinajstić information content (AvgIpc) is 2.91. The number of carbonyl (C=O) groups is 1. The highest BCUT2D eigenvalue weighted by atomic mass is 32.2. The molecule has 1 aliphatic carbocycles. The van der Waals surface area contributed by atoms with Gasteiger partial charge in [-0.25, -0.2) is 0 Å². The van der Waals surface area contributed by atoms with E-state index >= 15 is 0 Å². The maximum atomic E-state index is 12.2. The van der Waals surface area contributed by atoms with E-state index in [4.69, 9.17) is 0 Å². The smallest absolute Gasteiger partial charge is 0.251 e. The van der Waals surface area contributed by atoms with Crippen LogP contribution in [0.5, 0.6) is 0 Å². The molecule has 3 heteroatoms. The third kappa shape index (κ3) is 2.56. The molecule has 0 bridgehead atoms. The van der Waals surface area contributed by atoms with Gasteiger partial charge in [0, 0.05) is 16.5 Å². The number of carbonyl (C=O) groups excluding carboxylic acids is 1. The van der Waals surface area contributed by atoms with Crippen LogP contribution >= 0.6 is 11.8 Å². The number of aryl methyl sites for hydroxylation is 1. The van der Waals surface area contributed by atoms with Crippen LogP contribution in [0.1, 0.15) is 48.0 Å². The Labute approximate surface area is 113 Å². The van der Waals surface area contributed by atoms with Crippen LogP contribution in [0.15, 0.2) is 23.1 Å². The van der Waals surface area contributed by atoms with Gasteiger partial charge in [-0.3, -0.25) is 4.79 Å². The highest BCUT2D eigenvalue weighted by Gasteiger charge is 2.19. The zero-order valence-electron chi connectivity index (χ0n) is 10.6. The highest BCUT2D eigenvalue weighted by molar-refractivity contribution is 7.99. The van der Waals surface area contributed by atoms with Crippen LogP contribution < -0.4 is 5.32 Å². The number of fused-ring (bicyclic) bond motifs is 1. The Balaban J connectivity index is 1.73. The van der Waals surface area contributed by atoms with Crippen LogP contribution in [0.3, 0.4) is 0 Å². The molecule has 0 atom stereocenters. The number of hydrogen-bond donors (Lipinski definition) is 1. The molecule has 1 heterocycles. The van der Waals surface area contributed by atoms with Gasteiger partial charge in [0.05, 0.1) is 0 Å². The normalized spacial score (nSPS) is 19.6. The lowest BCUT2D eigenvalue weighted by molar-refractivity contribution is 0.0937. The first-order valence-corrected chi connectivity index (χ1v) is 7.88. The number of benzene rings is 1. The lowest BCUT2D eigenvalue weighted by Gasteiger charge is -2.17. The summed E-state index contributed by atoms with van der Waals surface area (Å²) in [5.41, 5.74) is 2.19. The minimum Gasteiger partial charge on any atom is -0.349 e. The van der Waals surface area contributed by atoms with Gasteiger partial charge in [0.1, 0.15) is 0 Å². The van der Waals surface area contributed by atoms with Crippen LogP contribution in [0.2, 0.25) is 0 Å². The number of thioether (sulfide) groups is 1. The predicted octanol–water partition coefficient (Wildman–Crippen LogP) is 3.40. The lowest BCUT2D eigenvalue weighted by atomic mass is 10.1. The van der Waals surface area contributed by atoms with Crippen molar-refractivity contribution in [3.05, 3.63) is 29.3 Å². The molecule has 18 heavy (non-hydrogen) atoms. The van der Waals surface area contributed by atoms with Gasteiger partial charge in [-0.05, 0) is 55.2 Å². The topological polar surface area (TPSA) is 29.1 Å². The van der Waals surface area contributed by atoms with Crippen molar-refractivity contribution in [1.82, 2.24) is 5.32 Å². The van der Waals surface area contributed by atoms with Crippen LogP contribution in [0.25, 0.3) is 0 Å². The van der Waals surface area contributed by atoms with Crippen LogP contribution in [0, 0.1) is 0 Å². The van der Waals surface area contributed by atoms with E-state index < -0.39 is 0 Å². The van der Waals surface area contributed by atoms with Gasteiger partial charge in [-0.1, -0.05) is 12.8 Å². The van der Waals surface area contributed by atoms with Crippen molar-refractivity contribution in [3.63, 3.8) is 0 Å². The fourth-order valence-corrected chi connectivity index (χ4v) is 3.86. The zero-order valence-corrected chi connectivity index (χ0v) is 11.4. The minimum atomic E-state index is 0.111. The fraction of sp³-hybridized carbons (Fsp3) is 0.533. The molecule has 96 valence electrons. The van der Waals surface area contributed by atoms with E-state index in [1.165, 1.54) is 35.5 Å². The van der Waals surface area contributed by atoms with Gasteiger partial charge in [0.15, 0.2) is 0 Å². The molecule has 2 nitrogen and oxygen atoms in total. The molecule has 1 aliphatic heterocycles. The number of nitrogens with one attached hydrogen (secondary N) is 1. The van der Waals surface area contributed by atoms with Crippen molar-refractivity contribution in [3.8, 4) is 0 Å². The molecule has 1 saturated carbocycles. The Morgan fingerprint density at radius 2 is 2.06 bits per heavy atom. The molecule has 0 aromatic heterocycles. The number of rotatable bonds is 2. The second kappa shape index (κ2) is 5.35. The SMILES string of the molecule is O=C(NC1CCCC1)c1ccc2c(c1)CCCS2. The summed E-state index contributed by atoms with van der Waals surface area (Å²) < 4.78 is 0. The minimum absolute atomic E-state index is 0.111. The Morgan fingerprint density at radius 1 is 1.22 bits per heavy atom. The number of hydrogen-bond acceptors (Lipinski definition) is 2. The summed E-state index contributed by atoms with van der Waals surface area (Å²) in [4.78, 5) is 13.5. The van der Waals surface area contributed by atoms with E-state index in [1.807, 2.05) is 17.8 Å². The van der Waals surface area contributed by atoms with Crippen molar-refractivity contribution in [2.45, 2.75) is 49.5 Å². The second-order valence-electron chi connectivity index (χ2n) is 5.23. The van der Waals surface area contributed by atoms with E-state index in [9.17, 15) is 4.79 Å². The van der Waals surface area contributed by atoms with E-state index in [0.717, 1.165) is 24.8 Å². The van der Waals surface area contributed by atoms with Gasteiger partial charge in [0.25, 0.3) is 5.91 Å². The Bertz CT molecular complexity index is 452. The maximum absolute atomic E-state index is 12.2. The molecule has 3 rings (SSSR count). The molecule has 0 spiro atoms. The summed E-state index contributed by atoms with van der Waals surface area (Å²) in [5, 5.41) is 3.16.